The number of rotatable bonds is 10. The van der Waals surface area contributed by atoms with Crippen molar-refractivity contribution in [1.82, 2.24) is 15.0 Å². The predicted molar refractivity (Wildman–Crippen MR) is 140 cm³/mol. The van der Waals surface area contributed by atoms with Crippen molar-refractivity contribution in [3.8, 4) is 22.8 Å². The van der Waals surface area contributed by atoms with Crippen LogP contribution >= 0.6 is 23.2 Å². The predicted octanol–water partition coefficient (Wildman–Crippen LogP) is 7.21. The quantitative estimate of drug-likeness (QED) is 0.308. The molecule has 0 atom stereocenters. The van der Waals surface area contributed by atoms with Gasteiger partial charge in [0, 0.05) is 22.6 Å². The Morgan fingerprint density at radius 2 is 1.74 bits per heavy atom. The topological polar surface area (TPSA) is 75.7 Å². The van der Waals surface area contributed by atoms with Crippen LogP contribution in [0.1, 0.15) is 64.0 Å². The second-order valence-corrected chi connectivity index (χ2v) is 9.89. The molecule has 35 heavy (non-hydrogen) atoms. The minimum atomic E-state index is -0.921. The highest BCUT2D eigenvalue weighted by Crippen LogP contribution is 2.32. The molecule has 0 aliphatic heterocycles. The van der Waals surface area contributed by atoms with E-state index in [0.29, 0.717) is 40.4 Å². The number of aromatic amines is 1. The number of aryl methyl sites for hydroxylation is 1. The Labute approximate surface area is 215 Å². The van der Waals surface area contributed by atoms with Crippen LogP contribution in [0.25, 0.3) is 22.8 Å². The Bertz CT molecular complexity index is 1260. The van der Waals surface area contributed by atoms with Crippen molar-refractivity contribution in [1.29, 1.82) is 0 Å². The van der Waals surface area contributed by atoms with Gasteiger partial charge in [-0.1, -0.05) is 57.0 Å². The lowest BCUT2D eigenvalue weighted by atomic mass is 9.77. The summed E-state index contributed by atoms with van der Waals surface area (Å²) in [6.07, 6.45) is 1.60. The van der Waals surface area contributed by atoms with Crippen LogP contribution in [0, 0.1) is 5.41 Å². The van der Waals surface area contributed by atoms with Crippen molar-refractivity contribution in [2.75, 3.05) is 6.67 Å². The van der Waals surface area contributed by atoms with Gasteiger partial charge in [0.05, 0.1) is 10.4 Å². The van der Waals surface area contributed by atoms with E-state index < -0.39 is 17.8 Å². The Kier molecular flexibility index (Phi) is 8.84. The third-order valence-electron chi connectivity index (χ3n) is 6.65. The third-order valence-corrected chi connectivity index (χ3v) is 7.33. The van der Waals surface area contributed by atoms with E-state index in [2.05, 4.69) is 15.0 Å². The number of carbonyl (C=O) groups is 1. The first-order valence-electron chi connectivity index (χ1n) is 11.8. The van der Waals surface area contributed by atoms with Crippen LogP contribution in [0.5, 0.6) is 0 Å². The van der Waals surface area contributed by atoms with Crippen LogP contribution in [0.4, 0.5) is 4.39 Å². The molecule has 0 unspecified atom stereocenters. The van der Waals surface area contributed by atoms with Gasteiger partial charge < -0.3 is 0 Å². The van der Waals surface area contributed by atoms with Crippen LogP contribution < -0.4 is 5.69 Å². The van der Waals surface area contributed by atoms with Gasteiger partial charge in [0.25, 0.3) is 0 Å². The Morgan fingerprint density at radius 1 is 1.06 bits per heavy atom. The average Bonchev–Trinajstić information content (AvgIpc) is 2.84. The standard InChI is InChI=1S/C27H30Cl2FN3O2/c1-5-27(6-2,15-30)23(34)12-8-17-7-10-22(29)20(13-17)25-31-24(32-26(35)33-25)18-9-11-21(28)19(14-18)16(3)4/h7,9-11,13-14,16H,5-6,8,12,15H2,1-4H3,(H,31,32,33,35). The second kappa shape index (κ2) is 11.4. The molecule has 1 aromatic heterocycles. The van der Waals surface area contributed by atoms with Crippen LogP contribution in [-0.2, 0) is 11.2 Å². The summed E-state index contributed by atoms with van der Waals surface area (Å²) in [6.45, 7) is 7.09. The number of carbonyl (C=O) groups excluding carboxylic acids is 1. The molecule has 0 aliphatic rings. The number of hydrogen-bond acceptors (Lipinski definition) is 4. The van der Waals surface area contributed by atoms with Crippen molar-refractivity contribution in [2.24, 2.45) is 5.41 Å². The van der Waals surface area contributed by atoms with E-state index in [-0.39, 0.29) is 29.8 Å². The lowest BCUT2D eigenvalue weighted by Crippen LogP contribution is -2.32. The van der Waals surface area contributed by atoms with Gasteiger partial charge in [-0.15, -0.1) is 0 Å². The summed E-state index contributed by atoms with van der Waals surface area (Å²) in [5.41, 5.74) is 1.50. The highest BCUT2D eigenvalue weighted by Gasteiger charge is 2.34. The van der Waals surface area contributed by atoms with E-state index in [1.807, 2.05) is 39.8 Å². The molecule has 1 heterocycles. The number of aromatic nitrogens is 3. The van der Waals surface area contributed by atoms with Crippen molar-refractivity contribution in [3.63, 3.8) is 0 Å². The fourth-order valence-electron chi connectivity index (χ4n) is 4.11. The summed E-state index contributed by atoms with van der Waals surface area (Å²) < 4.78 is 13.6. The number of hydrogen-bond donors (Lipinski definition) is 1. The molecule has 0 saturated carbocycles. The molecule has 3 aromatic rings. The molecule has 0 saturated heterocycles. The zero-order chi connectivity index (χ0) is 25.8. The maximum atomic E-state index is 13.6. The van der Waals surface area contributed by atoms with E-state index in [4.69, 9.17) is 23.2 Å². The molecule has 0 amide bonds. The molecule has 0 bridgehead atoms. The van der Waals surface area contributed by atoms with Crippen molar-refractivity contribution in [2.45, 2.75) is 59.3 Å². The average molecular weight is 518 g/mol. The summed E-state index contributed by atoms with van der Waals surface area (Å²) in [5, 5.41) is 1.04. The van der Waals surface area contributed by atoms with Crippen LogP contribution in [0.2, 0.25) is 10.0 Å². The van der Waals surface area contributed by atoms with Gasteiger partial charge in [0.1, 0.15) is 18.3 Å². The molecule has 3 rings (SSSR count). The molecule has 0 spiro atoms. The number of halogens is 3. The SMILES string of the molecule is CCC(CC)(CF)C(=O)CCc1ccc(Cl)c(-c2nc(-c3ccc(Cl)c(C(C)C)c3)nc(=O)[nH]2)c1. The largest absolute Gasteiger partial charge is 0.348 e. The van der Waals surface area contributed by atoms with E-state index in [9.17, 15) is 14.0 Å². The lowest BCUT2D eigenvalue weighted by Gasteiger charge is -2.26. The van der Waals surface area contributed by atoms with E-state index >= 15 is 0 Å². The molecular formula is C27H30Cl2FN3O2. The molecule has 186 valence electrons. The normalized spacial score (nSPS) is 11.8. The molecule has 8 heteroatoms. The number of alkyl halides is 1. The zero-order valence-corrected chi connectivity index (χ0v) is 21.9. The minimum Gasteiger partial charge on any atom is -0.299 e. The first kappa shape index (κ1) is 27.0. The van der Waals surface area contributed by atoms with Gasteiger partial charge in [-0.05, 0) is 66.6 Å². The number of benzene rings is 2. The molecule has 5 nitrogen and oxygen atoms in total. The Balaban J connectivity index is 1.94. The van der Waals surface area contributed by atoms with Gasteiger partial charge in [-0.3, -0.25) is 14.2 Å². The zero-order valence-electron chi connectivity index (χ0n) is 20.4. The first-order valence-corrected chi connectivity index (χ1v) is 12.6. The number of nitrogens with zero attached hydrogens (tertiary/aromatic N) is 2. The fraction of sp³-hybridized carbons (Fsp3) is 0.407. The molecular weight excluding hydrogens is 488 g/mol. The first-order chi connectivity index (χ1) is 16.6. The van der Waals surface area contributed by atoms with Gasteiger partial charge in [-0.25, -0.2) is 9.78 Å². The Morgan fingerprint density at radius 3 is 2.37 bits per heavy atom. The lowest BCUT2D eigenvalue weighted by molar-refractivity contribution is -0.130. The minimum absolute atomic E-state index is 0.0806. The fourth-order valence-corrected chi connectivity index (χ4v) is 4.65. The maximum Gasteiger partial charge on any atom is 0.348 e. The maximum absolute atomic E-state index is 13.6. The highest BCUT2D eigenvalue weighted by molar-refractivity contribution is 6.33. The van der Waals surface area contributed by atoms with Gasteiger partial charge in [0.15, 0.2) is 5.82 Å². The van der Waals surface area contributed by atoms with Crippen LogP contribution in [0.3, 0.4) is 0 Å². The molecule has 0 aliphatic carbocycles. The van der Waals surface area contributed by atoms with Crippen molar-refractivity contribution >= 4 is 29.0 Å². The van der Waals surface area contributed by atoms with E-state index in [1.165, 1.54) is 0 Å². The number of H-pyrrole nitrogens is 1. The number of nitrogens with one attached hydrogen (secondary N) is 1. The Hall–Kier alpha value is -2.57. The summed E-state index contributed by atoms with van der Waals surface area (Å²) in [7, 11) is 0. The highest BCUT2D eigenvalue weighted by atomic mass is 35.5. The summed E-state index contributed by atoms with van der Waals surface area (Å²) >= 11 is 12.8. The summed E-state index contributed by atoms with van der Waals surface area (Å²) in [4.78, 5) is 36.4. The molecule has 1 N–H and O–H groups in total. The van der Waals surface area contributed by atoms with E-state index in [1.54, 1.807) is 24.3 Å². The third kappa shape index (κ3) is 5.99. The van der Waals surface area contributed by atoms with Gasteiger partial charge in [0.2, 0.25) is 0 Å². The number of Topliss-reactive ketones (excluding diaryl/α,β-unsaturated/α-hetero) is 1. The molecule has 2 aromatic carbocycles. The van der Waals surface area contributed by atoms with Crippen LogP contribution in [-0.4, -0.2) is 27.4 Å². The van der Waals surface area contributed by atoms with Crippen LogP contribution in [0.15, 0.2) is 41.2 Å². The summed E-state index contributed by atoms with van der Waals surface area (Å²) in [5.74, 6) is 0.647. The van der Waals surface area contributed by atoms with Gasteiger partial charge in [-0.2, -0.15) is 4.98 Å². The molecule has 0 radical (unpaired) electrons. The monoisotopic (exact) mass is 517 g/mol. The summed E-state index contributed by atoms with van der Waals surface area (Å²) in [6, 6.07) is 10.8. The molecule has 0 fully saturated rings. The van der Waals surface area contributed by atoms with Gasteiger partial charge >= 0.3 is 5.69 Å². The number of ketones is 1. The smallest absolute Gasteiger partial charge is 0.299 e. The van der Waals surface area contributed by atoms with Crippen molar-refractivity contribution in [3.05, 3.63) is 68.1 Å². The van der Waals surface area contributed by atoms with Crippen molar-refractivity contribution < 1.29 is 9.18 Å². The van der Waals surface area contributed by atoms with E-state index in [0.717, 1.165) is 11.1 Å². The second-order valence-electron chi connectivity index (χ2n) is 9.08.